The Morgan fingerprint density at radius 2 is 2.23 bits per heavy atom. The summed E-state index contributed by atoms with van der Waals surface area (Å²) in [7, 11) is 0. The van der Waals surface area contributed by atoms with Crippen molar-refractivity contribution in [3.8, 4) is 5.75 Å². The number of ether oxygens (including phenoxy) is 2. The van der Waals surface area contributed by atoms with Crippen molar-refractivity contribution in [2.45, 2.75) is 19.4 Å². The Balaban J connectivity index is 1.67. The number of imidazole rings is 1. The molecule has 0 bridgehead atoms. The minimum atomic E-state index is -0.347. The summed E-state index contributed by atoms with van der Waals surface area (Å²) in [4.78, 5) is 16.3. The predicted octanol–water partition coefficient (Wildman–Crippen LogP) is 2.64. The van der Waals surface area contributed by atoms with E-state index in [0.717, 1.165) is 11.3 Å². The predicted molar refractivity (Wildman–Crippen MR) is 82.4 cm³/mol. The first-order valence-electron chi connectivity index (χ1n) is 7.14. The monoisotopic (exact) mass is 298 g/mol. The standard InChI is InChI=1S/C17H18N2O3/c1-17(2,19-8-7-18-12-19)11-22-16(20)14-9-13-5-3-4-6-15(13)21-10-14/h3-9,12H,10-11H2,1-2H3. The molecule has 22 heavy (non-hydrogen) atoms. The van der Waals surface area contributed by atoms with Crippen molar-refractivity contribution in [2.24, 2.45) is 0 Å². The summed E-state index contributed by atoms with van der Waals surface area (Å²) < 4.78 is 12.9. The number of esters is 1. The average Bonchev–Trinajstić information content (AvgIpc) is 3.07. The second-order valence-electron chi connectivity index (χ2n) is 5.85. The van der Waals surface area contributed by atoms with Crippen LogP contribution in [0.1, 0.15) is 19.4 Å². The van der Waals surface area contributed by atoms with Gasteiger partial charge in [0.2, 0.25) is 0 Å². The lowest BCUT2D eigenvalue weighted by atomic mass is 10.1. The fourth-order valence-electron chi connectivity index (χ4n) is 2.26. The lowest BCUT2D eigenvalue weighted by molar-refractivity contribution is -0.142. The molecule has 0 saturated heterocycles. The van der Waals surface area contributed by atoms with E-state index in [-0.39, 0.29) is 24.7 Å². The third kappa shape index (κ3) is 2.88. The SMILES string of the molecule is CC(C)(COC(=O)C1=Cc2ccccc2OC1)n1ccnc1. The van der Waals surface area contributed by atoms with Crippen LogP contribution in [-0.2, 0) is 15.1 Å². The molecule has 114 valence electrons. The van der Waals surface area contributed by atoms with Gasteiger partial charge in [0.25, 0.3) is 0 Å². The van der Waals surface area contributed by atoms with Gasteiger partial charge < -0.3 is 14.0 Å². The molecule has 0 atom stereocenters. The molecule has 0 radical (unpaired) electrons. The van der Waals surface area contributed by atoms with Crippen LogP contribution in [0.3, 0.4) is 0 Å². The molecule has 0 aliphatic carbocycles. The number of aromatic nitrogens is 2. The number of carbonyl (C=O) groups excluding carboxylic acids is 1. The molecule has 0 N–H and O–H groups in total. The summed E-state index contributed by atoms with van der Waals surface area (Å²) in [6, 6.07) is 7.62. The molecule has 0 amide bonds. The van der Waals surface area contributed by atoms with Crippen LogP contribution >= 0.6 is 0 Å². The van der Waals surface area contributed by atoms with Gasteiger partial charge in [-0.15, -0.1) is 0 Å². The Labute approximate surface area is 129 Å². The summed E-state index contributed by atoms with van der Waals surface area (Å²) in [5, 5.41) is 0. The number of fused-ring (bicyclic) bond motifs is 1. The van der Waals surface area contributed by atoms with Crippen molar-refractivity contribution in [3.05, 3.63) is 54.1 Å². The van der Waals surface area contributed by atoms with Crippen molar-refractivity contribution >= 4 is 12.0 Å². The first kappa shape index (κ1) is 14.4. The number of nitrogens with zero attached hydrogens (tertiary/aromatic N) is 2. The molecule has 2 heterocycles. The summed E-state index contributed by atoms with van der Waals surface area (Å²) in [6.07, 6.45) is 7.10. The van der Waals surface area contributed by atoms with E-state index in [2.05, 4.69) is 4.98 Å². The molecular formula is C17H18N2O3. The van der Waals surface area contributed by atoms with Gasteiger partial charge in [-0.25, -0.2) is 9.78 Å². The van der Waals surface area contributed by atoms with Gasteiger partial charge in [-0.05, 0) is 26.0 Å². The number of carbonyl (C=O) groups is 1. The van der Waals surface area contributed by atoms with E-state index in [9.17, 15) is 4.79 Å². The summed E-state index contributed by atoms with van der Waals surface area (Å²) in [5.74, 6) is 0.445. The van der Waals surface area contributed by atoms with E-state index in [1.165, 1.54) is 0 Å². The van der Waals surface area contributed by atoms with Crippen LogP contribution in [-0.4, -0.2) is 28.7 Å². The van der Waals surface area contributed by atoms with Crippen molar-refractivity contribution in [3.63, 3.8) is 0 Å². The Morgan fingerprint density at radius 1 is 1.41 bits per heavy atom. The molecular weight excluding hydrogens is 280 g/mol. The van der Waals surface area contributed by atoms with E-state index < -0.39 is 0 Å². The van der Waals surface area contributed by atoms with E-state index in [1.807, 2.05) is 55.0 Å². The maximum atomic E-state index is 12.2. The van der Waals surface area contributed by atoms with Crippen molar-refractivity contribution in [2.75, 3.05) is 13.2 Å². The fraction of sp³-hybridized carbons (Fsp3) is 0.294. The molecule has 1 aromatic carbocycles. The number of rotatable bonds is 4. The van der Waals surface area contributed by atoms with Crippen LogP contribution in [0.25, 0.3) is 6.08 Å². The lowest BCUT2D eigenvalue weighted by Gasteiger charge is -2.26. The first-order valence-corrected chi connectivity index (χ1v) is 7.14. The van der Waals surface area contributed by atoms with Gasteiger partial charge in [-0.3, -0.25) is 0 Å². The largest absolute Gasteiger partial charge is 0.488 e. The van der Waals surface area contributed by atoms with E-state index in [4.69, 9.17) is 9.47 Å². The minimum absolute atomic E-state index is 0.237. The summed E-state index contributed by atoms with van der Waals surface area (Å²) in [6.45, 7) is 4.48. The Morgan fingerprint density at radius 3 is 3.00 bits per heavy atom. The molecule has 1 aliphatic rings. The van der Waals surface area contributed by atoms with Gasteiger partial charge in [0.15, 0.2) is 0 Å². The van der Waals surface area contributed by atoms with Gasteiger partial charge >= 0.3 is 5.97 Å². The second kappa shape index (κ2) is 5.67. The third-order valence-corrected chi connectivity index (χ3v) is 3.65. The van der Waals surface area contributed by atoms with E-state index >= 15 is 0 Å². The maximum absolute atomic E-state index is 12.2. The molecule has 1 aliphatic heterocycles. The minimum Gasteiger partial charge on any atom is -0.488 e. The van der Waals surface area contributed by atoms with Crippen LogP contribution in [0.15, 0.2) is 48.6 Å². The maximum Gasteiger partial charge on any atom is 0.337 e. The van der Waals surface area contributed by atoms with Crippen LogP contribution in [0.4, 0.5) is 0 Å². The number of para-hydroxylation sites is 1. The molecule has 0 unspecified atom stereocenters. The molecule has 5 nitrogen and oxygen atoms in total. The zero-order valence-electron chi connectivity index (χ0n) is 12.7. The third-order valence-electron chi connectivity index (χ3n) is 3.65. The molecule has 5 heteroatoms. The average molecular weight is 298 g/mol. The highest BCUT2D eigenvalue weighted by molar-refractivity contribution is 5.95. The normalized spacial score (nSPS) is 13.8. The molecule has 1 aromatic heterocycles. The van der Waals surface area contributed by atoms with Gasteiger partial charge in [-0.1, -0.05) is 18.2 Å². The topological polar surface area (TPSA) is 53.4 Å². The smallest absolute Gasteiger partial charge is 0.337 e. The number of hydrogen-bond donors (Lipinski definition) is 0. The zero-order chi connectivity index (χ0) is 15.6. The molecule has 3 rings (SSSR count). The Kier molecular flexibility index (Phi) is 3.71. The Bertz CT molecular complexity index is 702. The molecule has 0 spiro atoms. The lowest BCUT2D eigenvalue weighted by Crippen LogP contribution is -2.33. The van der Waals surface area contributed by atoms with Gasteiger partial charge in [0.05, 0.1) is 17.4 Å². The zero-order valence-corrected chi connectivity index (χ0v) is 12.7. The van der Waals surface area contributed by atoms with Gasteiger partial charge in [0.1, 0.15) is 19.0 Å². The molecule has 0 fully saturated rings. The highest BCUT2D eigenvalue weighted by Gasteiger charge is 2.24. The van der Waals surface area contributed by atoms with Crippen molar-refractivity contribution in [1.29, 1.82) is 0 Å². The summed E-state index contributed by atoms with van der Waals surface area (Å²) >= 11 is 0. The first-order chi connectivity index (χ1) is 10.6. The highest BCUT2D eigenvalue weighted by Crippen LogP contribution is 2.26. The highest BCUT2D eigenvalue weighted by atomic mass is 16.5. The fourth-order valence-corrected chi connectivity index (χ4v) is 2.26. The van der Waals surface area contributed by atoms with Gasteiger partial charge in [0, 0.05) is 18.0 Å². The number of hydrogen-bond acceptors (Lipinski definition) is 4. The van der Waals surface area contributed by atoms with Crippen molar-refractivity contribution < 1.29 is 14.3 Å². The van der Waals surface area contributed by atoms with Gasteiger partial charge in [-0.2, -0.15) is 0 Å². The summed E-state index contributed by atoms with van der Waals surface area (Å²) in [5.41, 5.74) is 1.08. The van der Waals surface area contributed by atoms with Crippen LogP contribution in [0, 0.1) is 0 Å². The van der Waals surface area contributed by atoms with E-state index in [0.29, 0.717) is 5.57 Å². The van der Waals surface area contributed by atoms with Crippen LogP contribution in [0.2, 0.25) is 0 Å². The number of benzene rings is 1. The molecule has 2 aromatic rings. The van der Waals surface area contributed by atoms with E-state index in [1.54, 1.807) is 12.5 Å². The van der Waals surface area contributed by atoms with Crippen LogP contribution < -0.4 is 4.74 Å². The second-order valence-corrected chi connectivity index (χ2v) is 5.85. The quantitative estimate of drug-likeness (QED) is 0.814. The Hall–Kier alpha value is -2.56. The van der Waals surface area contributed by atoms with Crippen molar-refractivity contribution in [1.82, 2.24) is 9.55 Å². The molecule has 0 saturated carbocycles. The van der Waals surface area contributed by atoms with Crippen LogP contribution in [0.5, 0.6) is 5.75 Å².